The standard InChI is InChI=1S/C15H28ClN3/c1-6-9-17-10-8-15(3,4)11-13-14(16)12(7-2)18-19(13)5/h17H,6-11H2,1-5H3. The van der Waals surface area contributed by atoms with E-state index in [1.54, 1.807) is 0 Å². The number of aryl methyl sites for hydroxylation is 2. The lowest BCUT2D eigenvalue weighted by Gasteiger charge is -2.25. The zero-order valence-electron chi connectivity index (χ0n) is 13.0. The minimum absolute atomic E-state index is 0.239. The summed E-state index contributed by atoms with van der Waals surface area (Å²) in [5, 5.41) is 8.82. The molecule has 0 aliphatic rings. The highest BCUT2D eigenvalue weighted by Crippen LogP contribution is 2.30. The summed E-state index contributed by atoms with van der Waals surface area (Å²) >= 11 is 6.42. The maximum atomic E-state index is 6.42. The topological polar surface area (TPSA) is 29.9 Å². The number of nitrogens with one attached hydrogen (secondary N) is 1. The van der Waals surface area contributed by atoms with Crippen molar-refractivity contribution >= 4 is 11.6 Å². The summed E-state index contributed by atoms with van der Waals surface area (Å²) in [5.41, 5.74) is 2.42. The van der Waals surface area contributed by atoms with Crippen LogP contribution in [0, 0.1) is 5.41 Å². The average molecular weight is 286 g/mol. The number of halogens is 1. The lowest BCUT2D eigenvalue weighted by Crippen LogP contribution is -2.25. The molecule has 1 N–H and O–H groups in total. The molecule has 0 aromatic carbocycles. The van der Waals surface area contributed by atoms with Crippen LogP contribution in [0.15, 0.2) is 0 Å². The first-order chi connectivity index (χ1) is 8.91. The molecule has 0 amide bonds. The van der Waals surface area contributed by atoms with E-state index in [1.807, 2.05) is 11.7 Å². The molecule has 0 saturated heterocycles. The van der Waals surface area contributed by atoms with Gasteiger partial charge in [0, 0.05) is 7.05 Å². The van der Waals surface area contributed by atoms with Gasteiger partial charge in [0.2, 0.25) is 0 Å². The molecule has 4 heteroatoms. The third kappa shape index (κ3) is 4.81. The molecular formula is C15H28ClN3. The Kier molecular flexibility index (Phi) is 6.34. The van der Waals surface area contributed by atoms with Gasteiger partial charge in [-0.1, -0.05) is 39.3 Å². The van der Waals surface area contributed by atoms with Gasteiger partial charge in [-0.25, -0.2) is 0 Å². The number of hydrogen-bond acceptors (Lipinski definition) is 2. The molecule has 1 rings (SSSR count). The molecule has 0 atom stereocenters. The van der Waals surface area contributed by atoms with E-state index in [-0.39, 0.29) is 5.41 Å². The third-order valence-electron chi connectivity index (χ3n) is 3.55. The fraction of sp³-hybridized carbons (Fsp3) is 0.800. The Hall–Kier alpha value is -0.540. The number of rotatable bonds is 8. The van der Waals surface area contributed by atoms with E-state index in [9.17, 15) is 0 Å². The first-order valence-electron chi connectivity index (χ1n) is 7.32. The van der Waals surface area contributed by atoms with E-state index in [0.29, 0.717) is 0 Å². The normalized spacial score (nSPS) is 12.1. The van der Waals surface area contributed by atoms with Crippen molar-refractivity contribution in [2.75, 3.05) is 13.1 Å². The van der Waals surface area contributed by atoms with Crippen LogP contribution in [0.3, 0.4) is 0 Å². The van der Waals surface area contributed by atoms with E-state index in [0.717, 1.165) is 43.1 Å². The minimum atomic E-state index is 0.239. The largest absolute Gasteiger partial charge is 0.317 e. The van der Waals surface area contributed by atoms with Gasteiger partial charge in [0.25, 0.3) is 0 Å². The van der Waals surface area contributed by atoms with Crippen molar-refractivity contribution in [3.63, 3.8) is 0 Å². The second-order valence-electron chi connectivity index (χ2n) is 6.03. The van der Waals surface area contributed by atoms with Crippen molar-refractivity contribution in [3.05, 3.63) is 16.4 Å². The van der Waals surface area contributed by atoms with Crippen molar-refractivity contribution in [2.24, 2.45) is 12.5 Å². The molecule has 0 bridgehead atoms. The van der Waals surface area contributed by atoms with Gasteiger partial charge in [-0.05, 0) is 44.2 Å². The first-order valence-corrected chi connectivity index (χ1v) is 7.70. The summed E-state index contributed by atoms with van der Waals surface area (Å²) in [5.74, 6) is 0. The molecule has 3 nitrogen and oxygen atoms in total. The number of aromatic nitrogens is 2. The molecule has 0 aliphatic carbocycles. The molecule has 0 aliphatic heterocycles. The molecule has 0 fully saturated rings. The van der Waals surface area contributed by atoms with Gasteiger partial charge in [-0.15, -0.1) is 0 Å². The van der Waals surface area contributed by atoms with E-state index in [2.05, 4.69) is 38.1 Å². The van der Waals surface area contributed by atoms with Crippen molar-refractivity contribution in [1.29, 1.82) is 0 Å². The zero-order chi connectivity index (χ0) is 14.5. The second kappa shape index (κ2) is 7.30. The first kappa shape index (κ1) is 16.5. The maximum absolute atomic E-state index is 6.42. The highest BCUT2D eigenvalue weighted by molar-refractivity contribution is 6.31. The van der Waals surface area contributed by atoms with Gasteiger partial charge in [0.15, 0.2) is 0 Å². The monoisotopic (exact) mass is 285 g/mol. The summed E-state index contributed by atoms with van der Waals surface area (Å²) in [6.45, 7) is 11.1. The van der Waals surface area contributed by atoms with E-state index < -0.39 is 0 Å². The van der Waals surface area contributed by atoms with Crippen LogP contribution < -0.4 is 5.32 Å². The Balaban J connectivity index is 2.64. The average Bonchev–Trinajstić information content (AvgIpc) is 2.62. The molecule has 110 valence electrons. The summed E-state index contributed by atoms with van der Waals surface area (Å²) in [4.78, 5) is 0. The van der Waals surface area contributed by atoms with Crippen LogP contribution in [0.4, 0.5) is 0 Å². The Morgan fingerprint density at radius 1 is 1.26 bits per heavy atom. The second-order valence-corrected chi connectivity index (χ2v) is 6.40. The molecule has 19 heavy (non-hydrogen) atoms. The predicted molar refractivity (Wildman–Crippen MR) is 82.9 cm³/mol. The van der Waals surface area contributed by atoms with Crippen LogP contribution in [0.5, 0.6) is 0 Å². The molecule has 0 radical (unpaired) electrons. The van der Waals surface area contributed by atoms with E-state index in [4.69, 9.17) is 11.6 Å². The van der Waals surface area contributed by atoms with Gasteiger partial charge in [0.05, 0.1) is 16.4 Å². The summed E-state index contributed by atoms with van der Waals surface area (Å²) < 4.78 is 1.95. The number of nitrogens with zero attached hydrogens (tertiary/aromatic N) is 2. The van der Waals surface area contributed by atoms with Crippen LogP contribution in [-0.4, -0.2) is 22.9 Å². The molecule has 0 saturated carbocycles. The molecule has 1 aromatic rings. The van der Waals surface area contributed by atoms with E-state index >= 15 is 0 Å². The minimum Gasteiger partial charge on any atom is -0.317 e. The van der Waals surface area contributed by atoms with Crippen molar-refractivity contribution in [1.82, 2.24) is 15.1 Å². The van der Waals surface area contributed by atoms with Gasteiger partial charge < -0.3 is 5.32 Å². The van der Waals surface area contributed by atoms with Gasteiger partial charge >= 0.3 is 0 Å². The molecule has 1 aromatic heterocycles. The predicted octanol–water partition coefficient (Wildman–Crippen LogP) is 3.59. The quantitative estimate of drug-likeness (QED) is 0.740. The zero-order valence-corrected chi connectivity index (χ0v) is 13.8. The highest BCUT2D eigenvalue weighted by atomic mass is 35.5. The molecule has 1 heterocycles. The van der Waals surface area contributed by atoms with Crippen LogP contribution in [0.2, 0.25) is 5.02 Å². The van der Waals surface area contributed by atoms with Gasteiger partial charge in [0.1, 0.15) is 0 Å². The van der Waals surface area contributed by atoms with E-state index in [1.165, 1.54) is 12.1 Å². The Labute approximate surface area is 122 Å². The molecule has 0 spiro atoms. The lowest BCUT2D eigenvalue weighted by molar-refractivity contribution is 0.318. The third-order valence-corrected chi connectivity index (χ3v) is 3.99. The Morgan fingerprint density at radius 2 is 1.95 bits per heavy atom. The van der Waals surface area contributed by atoms with Crippen molar-refractivity contribution in [3.8, 4) is 0 Å². The lowest BCUT2D eigenvalue weighted by atomic mass is 9.84. The summed E-state index contributed by atoms with van der Waals surface area (Å²) in [6, 6.07) is 0. The maximum Gasteiger partial charge on any atom is 0.0849 e. The Bertz CT molecular complexity index is 396. The highest BCUT2D eigenvalue weighted by Gasteiger charge is 2.23. The Morgan fingerprint density at radius 3 is 2.47 bits per heavy atom. The van der Waals surface area contributed by atoms with Gasteiger partial charge in [-0.3, -0.25) is 4.68 Å². The molecular weight excluding hydrogens is 258 g/mol. The summed E-state index contributed by atoms with van der Waals surface area (Å²) in [6.07, 6.45) is 4.21. The fourth-order valence-corrected chi connectivity index (χ4v) is 2.64. The number of hydrogen-bond donors (Lipinski definition) is 1. The van der Waals surface area contributed by atoms with Crippen LogP contribution in [-0.2, 0) is 19.9 Å². The summed E-state index contributed by atoms with van der Waals surface area (Å²) in [7, 11) is 1.99. The van der Waals surface area contributed by atoms with Crippen LogP contribution in [0.25, 0.3) is 0 Å². The molecule has 0 unspecified atom stereocenters. The van der Waals surface area contributed by atoms with Crippen molar-refractivity contribution < 1.29 is 0 Å². The van der Waals surface area contributed by atoms with Crippen molar-refractivity contribution in [2.45, 2.75) is 53.4 Å². The smallest absolute Gasteiger partial charge is 0.0849 e. The van der Waals surface area contributed by atoms with Gasteiger partial charge in [-0.2, -0.15) is 5.10 Å². The SMILES string of the molecule is CCCNCCC(C)(C)Cc1c(Cl)c(CC)nn1C. The van der Waals surface area contributed by atoms with Crippen LogP contribution >= 0.6 is 11.6 Å². The van der Waals surface area contributed by atoms with Crippen LogP contribution in [0.1, 0.15) is 51.9 Å². The fourth-order valence-electron chi connectivity index (χ4n) is 2.28.